The predicted octanol–water partition coefficient (Wildman–Crippen LogP) is 0.715. The highest BCUT2D eigenvalue weighted by molar-refractivity contribution is 7.48. The number of aliphatic hydroxyl groups is 10. The standard InChI is InChI=1S/C18H29NO8P.2C15H22NO8P.C14H21NO8P.C14H20NO8P/c1-11(2)26-28(23,27-12(3)4)24-10-15-16(21)17(22)18(25-15)19-8-6-7-14(9-19)13(5)20;1-9(2)24-25(20,21)22-8-12-13(18)14(19)15(23-12)16-6-4-5-11(7-16)10(3)17;1-3-7-22-25(20,21)23-9-12-13(18)14(19)15(24-12)16-6-4-5-11(8-16)10(2)17;1-9(16)10-5-4-6-15(7-10)14-13(18)12(17)11(23-14)8-22-24(19,20-2)21-3;1-3-21-24(19,20)22-8-11-12(17)13(18)14(23-11)15-6-4-5-10(7-15)9(2)16/h6-9,11-12,15-18,21-22H,10H2,1-5H3;4-7,9,12-15,18-19H,8H2,1-3H3;4-6,8,12-15,18-19H,3,7,9H2,1-2H3;4-7,11-14,17-18H,8H2,1-3H3;4-7,11-14,17-18H,3,8H2,1-2H3/q+1;;;+1;/t15-,16-,17-,18?;2*12-,13-,14-,15?;2*11-,12-,13-,14?/m11111/s1. The van der Waals surface area contributed by atoms with E-state index in [4.69, 9.17) is 50.8 Å². The van der Waals surface area contributed by atoms with Gasteiger partial charge < -0.3 is 117 Å². The van der Waals surface area contributed by atoms with Crippen molar-refractivity contribution in [2.24, 2.45) is 0 Å². The molecule has 0 aliphatic carbocycles. The molecule has 50 heteroatoms. The van der Waals surface area contributed by atoms with E-state index in [9.17, 15) is 113 Å². The molecule has 0 amide bonds. The summed E-state index contributed by atoms with van der Waals surface area (Å²) in [5.41, 5.74) is 2.09. The summed E-state index contributed by atoms with van der Waals surface area (Å²) in [5, 5.41) is 102. The number of phosphoric ester groups is 5. The van der Waals surface area contributed by atoms with Crippen molar-refractivity contribution in [1.82, 2.24) is 0 Å². The highest BCUT2D eigenvalue weighted by Crippen LogP contribution is 2.53. The third-order valence-corrected chi connectivity index (χ3v) is 24.8. The van der Waals surface area contributed by atoms with Gasteiger partial charge in [0.25, 0.3) is 54.6 Å². The number of aromatic nitrogens is 5. The summed E-state index contributed by atoms with van der Waals surface area (Å²) >= 11 is 0. The van der Waals surface area contributed by atoms with Gasteiger partial charge in [-0.05, 0) is 120 Å². The molecule has 10 N–H and O–H groups in total. The lowest BCUT2D eigenvalue weighted by Gasteiger charge is -2.26. The minimum Gasteiger partial charge on any atom is -0.756 e. The van der Waals surface area contributed by atoms with E-state index in [-0.39, 0.29) is 55.3 Å². The predicted molar refractivity (Wildman–Crippen MR) is 421 cm³/mol. The van der Waals surface area contributed by atoms with Gasteiger partial charge in [0.2, 0.25) is 0 Å². The molecule has 5 saturated heterocycles. The summed E-state index contributed by atoms with van der Waals surface area (Å²) in [5.74, 6) is -0.775. The molecule has 0 spiro atoms. The largest absolute Gasteiger partial charge is 0.756 e. The molecule has 23 atom stereocenters. The van der Waals surface area contributed by atoms with Crippen LogP contribution in [0.3, 0.4) is 0 Å². The molecule has 0 aromatic carbocycles. The lowest BCUT2D eigenvalue weighted by molar-refractivity contribution is -0.766. The Hall–Kier alpha value is -5.95. The second-order valence-electron chi connectivity index (χ2n) is 29.5. The van der Waals surface area contributed by atoms with Gasteiger partial charge in [-0.2, -0.15) is 22.8 Å². The summed E-state index contributed by atoms with van der Waals surface area (Å²) in [6.45, 7) is 17.9. The Labute approximate surface area is 726 Å². The molecule has 126 heavy (non-hydrogen) atoms. The molecule has 10 heterocycles. The SMILES string of the molecule is CC(=O)c1ccc[n+](C2O[C@H](COP(=O)(OC(C)C)OC(C)C)[C@@H](O)[C@H]2O)c1.CC(=O)c1ccc[n+](C2O[C@H](COP(=O)([O-])OC(C)C)[C@@H](O)[C@H]2O)c1.CCCOP(=O)([O-])OC[C@H]1OC([n+]2cccc(C(C)=O)c2)[C@H](O)[C@@H]1O.CCOP(=O)([O-])OC[C@H]1OC([n+]2cccc(C(C)=O)c2)[C@H](O)[C@@H]1O.COP(=O)(OC)OC[C@H]1OC([n+]2cccc(C(C)=O)c2)[C@H](O)[C@@H]1O. The molecular weight excluding hydrogens is 1780 g/mol. The fraction of sp³-hybridized carbons (Fsp3) is 0.605. The molecule has 0 saturated carbocycles. The Bertz CT molecular complexity index is 4610. The monoisotopic (exact) mass is 1890 g/mol. The minimum atomic E-state index is -4.53. The van der Waals surface area contributed by atoms with Crippen LogP contribution < -0.4 is 37.5 Å². The van der Waals surface area contributed by atoms with Gasteiger partial charge in [0, 0.05) is 44.6 Å². The van der Waals surface area contributed by atoms with Crippen LogP contribution >= 0.6 is 39.1 Å². The van der Waals surface area contributed by atoms with Gasteiger partial charge in [-0.3, -0.25) is 64.8 Å². The lowest BCUT2D eigenvalue weighted by Crippen LogP contribution is -2.46. The van der Waals surface area contributed by atoms with E-state index in [2.05, 4.69) is 27.1 Å². The van der Waals surface area contributed by atoms with Crippen LogP contribution in [0.15, 0.2) is 123 Å². The van der Waals surface area contributed by atoms with Crippen molar-refractivity contribution in [1.29, 1.82) is 0 Å². The van der Waals surface area contributed by atoms with Gasteiger partial charge in [0.15, 0.2) is 121 Å². The van der Waals surface area contributed by atoms with E-state index in [1.54, 1.807) is 126 Å². The molecule has 5 aromatic heterocycles. The Morgan fingerprint density at radius 1 is 0.341 bits per heavy atom. The molecule has 10 rings (SSSR count). The highest BCUT2D eigenvalue weighted by atomic mass is 31.2. The van der Waals surface area contributed by atoms with Gasteiger partial charge >= 0.3 is 15.6 Å². The maximum atomic E-state index is 12.7. The van der Waals surface area contributed by atoms with Gasteiger partial charge in [-0.1, -0.05) is 6.92 Å². The first-order chi connectivity index (χ1) is 58.9. The maximum Gasteiger partial charge on any atom is 0.475 e. The van der Waals surface area contributed by atoms with Crippen LogP contribution in [0.25, 0.3) is 0 Å². The lowest BCUT2D eigenvalue weighted by atomic mass is 10.1. The number of nitrogens with zero attached hydrogens (tertiary/aromatic N) is 5. The second-order valence-corrected chi connectivity index (χ2v) is 37.1. The first kappa shape index (κ1) is 109. The number of carbonyl (C=O) groups is 5. The molecule has 0 radical (unpaired) electrons. The normalized spacial score (nSPS) is 27.9. The van der Waals surface area contributed by atoms with Crippen molar-refractivity contribution in [3.63, 3.8) is 0 Å². The molecule has 5 aliphatic rings. The molecule has 5 aromatic rings. The van der Waals surface area contributed by atoms with Crippen molar-refractivity contribution >= 4 is 68.0 Å². The van der Waals surface area contributed by atoms with E-state index in [1.807, 2.05) is 0 Å². The molecule has 8 unspecified atom stereocenters. The van der Waals surface area contributed by atoms with E-state index in [0.29, 0.717) is 34.2 Å². The number of phosphoric acid groups is 5. The van der Waals surface area contributed by atoms with Crippen molar-refractivity contribution < 1.29 is 213 Å². The molecule has 45 nitrogen and oxygen atoms in total. The van der Waals surface area contributed by atoms with Crippen LogP contribution in [-0.2, 0) is 101 Å². The fourth-order valence-corrected chi connectivity index (χ4v) is 16.9. The third kappa shape index (κ3) is 32.2. The molecule has 706 valence electrons. The van der Waals surface area contributed by atoms with Gasteiger partial charge in [0.1, 0.15) is 61.0 Å². The number of hydrogen-bond acceptors (Lipinski definition) is 40. The smallest absolute Gasteiger partial charge is 0.475 e. The van der Waals surface area contributed by atoms with Crippen molar-refractivity contribution in [2.45, 2.75) is 237 Å². The summed E-state index contributed by atoms with van der Waals surface area (Å²) < 4.78 is 152. The van der Waals surface area contributed by atoms with Crippen LogP contribution in [0.1, 0.15) is 179 Å². The van der Waals surface area contributed by atoms with Crippen molar-refractivity contribution in [2.75, 3.05) is 60.5 Å². The average Bonchev–Trinajstić information content (AvgIpc) is 1.68. The van der Waals surface area contributed by atoms with Crippen LogP contribution in [0.4, 0.5) is 0 Å². The highest BCUT2D eigenvalue weighted by Gasteiger charge is 2.54. The zero-order chi connectivity index (χ0) is 94.3. The molecular formula is C76H114N5O40P5+2. The quantitative estimate of drug-likeness (QED) is 0.0148. The molecule has 5 fully saturated rings. The topological polar surface area (TPSA) is 618 Å². The minimum absolute atomic E-state index is 0.00616. The number of ketones is 5. The number of pyridine rings is 5. The fourth-order valence-electron chi connectivity index (χ4n) is 12.2. The summed E-state index contributed by atoms with van der Waals surface area (Å²) in [6, 6.07) is 16.2. The van der Waals surface area contributed by atoms with E-state index in [0.717, 1.165) is 14.2 Å². The maximum absolute atomic E-state index is 12.7. The van der Waals surface area contributed by atoms with Crippen molar-refractivity contribution in [3.8, 4) is 0 Å². The first-order valence-electron chi connectivity index (χ1n) is 39.4. The number of carbonyl (C=O) groups excluding carboxylic acids is 5. The van der Waals surface area contributed by atoms with E-state index >= 15 is 0 Å². The van der Waals surface area contributed by atoms with Crippen LogP contribution in [0.2, 0.25) is 0 Å². The summed E-state index contributed by atoms with van der Waals surface area (Å²) in [4.78, 5) is 91.9. The van der Waals surface area contributed by atoms with Crippen molar-refractivity contribution in [3.05, 3.63) is 150 Å². The number of rotatable bonds is 38. The Balaban J connectivity index is 0.000000243. The average molecular weight is 1890 g/mol. The van der Waals surface area contributed by atoms with E-state index in [1.165, 1.54) is 109 Å². The Morgan fingerprint density at radius 2 is 0.563 bits per heavy atom. The third-order valence-electron chi connectivity index (χ3n) is 18.5. The van der Waals surface area contributed by atoms with Crippen LogP contribution in [-0.4, -0.2) is 250 Å². The second kappa shape index (κ2) is 49.5. The van der Waals surface area contributed by atoms with Gasteiger partial charge in [-0.25, -0.2) is 9.13 Å². The summed E-state index contributed by atoms with van der Waals surface area (Å²) in [7, 11) is -18.8. The number of hydrogen-bond donors (Lipinski definition) is 10. The Morgan fingerprint density at radius 3 is 0.778 bits per heavy atom. The number of Topliss-reactive ketones (excluding diaryl/α,β-unsaturated/α-hetero) is 5. The molecule has 0 bridgehead atoms. The van der Waals surface area contributed by atoms with Crippen LogP contribution in [0.5, 0.6) is 0 Å². The number of aliphatic hydroxyl groups excluding tert-OH is 10. The summed E-state index contributed by atoms with van der Waals surface area (Å²) in [6.07, 6.45) is -8.52. The first-order valence-corrected chi connectivity index (χ1v) is 46.7. The Kier molecular flexibility index (Phi) is 42.8. The number of ether oxygens (including phenoxy) is 5. The van der Waals surface area contributed by atoms with Crippen LogP contribution in [0, 0.1) is 0 Å². The zero-order valence-electron chi connectivity index (χ0n) is 71.7. The van der Waals surface area contributed by atoms with Gasteiger partial charge in [0.05, 0.1) is 92.4 Å². The van der Waals surface area contributed by atoms with Gasteiger partial charge in [-0.15, -0.1) is 0 Å². The molecule has 5 aliphatic heterocycles. The van der Waals surface area contributed by atoms with E-state index < -0.39 is 200 Å². The zero-order valence-corrected chi connectivity index (χ0v) is 76.1.